The van der Waals surface area contributed by atoms with Gasteiger partial charge in [-0.1, -0.05) is 0 Å². The molecule has 0 aliphatic carbocycles. The van der Waals surface area contributed by atoms with E-state index in [-0.39, 0.29) is 12.5 Å². The topological polar surface area (TPSA) is 15.3 Å². The van der Waals surface area contributed by atoms with E-state index in [9.17, 15) is 22.0 Å². The number of nitrogens with one attached hydrogen (secondary N) is 1. The molecule has 2 nitrogen and oxygen atoms in total. The zero-order valence-corrected chi connectivity index (χ0v) is 10.7. The van der Waals surface area contributed by atoms with Crippen molar-refractivity contribution < 1.29 is 22.0 Å². The van der Waals surface area contributed by atoms with Gasteiger partial charge in [0.2, 0.25) is 0 Å². The summed E-state index contributed by atoms with van der Waals surface area (Å²) in [5.41, 5.74) is -0.720. The predicted octanol–water partition coefficient (Wildman–Crippen LogP) is 2.55. The van der Waals surface area contributed by atoms with Gasteiger partial charge in [0, 0.05) is 43.9 Å². The lowest BCUT2D eigenvalue weighted by molar-refractivity contribution is 0.149. The van der Waals surface area contributed by atoms with Crippen LogP contribution in [-0.2, 0) is 0 Å². The minimum atomic E-state index is -1.46. The Labute approximate surface area is 113 Å². The van der Waals surface area contributed by atoms with Crippen LogP contribution in [0.5, 0.6) is 0 Å². The first-order valence-corrected chi connectivity index (χ1v) is 6.40. The first-order chi connectivity index (χ1) is 9.56. The third-order valence-electron chi connectivity index (χ3n) is 3.45. The van der Waals surface area contributed by atoms with E-state index in [1.165, 1.54) is 0 Å². The van der Waals surface area contributed by atoms with Gasteiger partial charge in [0.1, 0.15) is 0 Å². The SMILES string of the molecule is FCC[C@@H](c1c(F)c(F)cc(F)c1F)N1CCNCC1. The molecule has 7 heteroatoms. The number of nitrogens with zero attached hydrogens (tertiary/aromatic N) is 1. The van der Waals surface area contributed by atoms with Crippen LogP contribution in [0.1, 0.15) is 18.0 Å². The van der Waals surface area contributed by atoms with Gasteiger partial charge in [-0.2, -0.15) is 0 Å². The smallest absolute Gasteiger partial charge is 0.166 e. The number of halogens is 5. The second-order valence-electron chi connectivity index (χ2n) is 4.66. The maximum absolute atomic E-state index is 13.8. The normalized spacial score (nSPS) is 18.2. The molecule has 1 aliphatic heterocycles. The van der Waals surface area contributed by atoms with Gasteiger partial charge in [-0.25, -0.2) is 17.6 Å². The maximum Gasteiger partial charge on any atom is 0.166 e. The van der Waals surface area contributed by atoms with Crippen LogP contribution >= 0.6 is 0 Å². The molecule has 0 spiro atoms. The molecule has 20 heavy (non-hydrogen) atoms. The van der Waals surface area contributed by atoms with Crippen molar-refractivity contribution in [1.82, 2.24) is 10.2 Å². The van der Waals surface area contributed by atoms with Gasteiger partial charge in [-0.3, -0.25) is 9.29 Å². The monoisotopic (exact) mass is 294 g/mol. The molecule has 2 rings (SSSR count). The van der Waals surface area contributed by atoms with E-state index in [1.54, 1.807) is 4.90 Å². The van der Waals surface area contributed by atoms with E-state index in [1.807, 2.05) is 0 Å². The minimum absolute atomic E-state index is 0.165. The van der Waals surface area contributed by atoms with Crippen molar-refractivity contribution in [3.63, 3.8) is 0 Å². The highest BCUT2D eigenvalue weighted by atomic mass is 19.2. The third-order valence-corrected chi connectivity index (χ3v) is 3.45. The standard InChI is InChI=1S/C13H15F5N2/c14-2-1-10(20-5-3-19-4-6-20)11-12(17)8(15)7-9(16)13(11)18/h7,10,19H,1-6H2/t10-/m0/s1. The molecule has 1 N–H and O–H groups in total. The molecular formula is C13H15F5N2. The van der Waals surface area contributed by atoms with E-state index < -0.39 is 41.5 Å². The van der Waals surface area contributed by atoms with Gasteiger partial charge < -0.3 is 5.32 Å². The molecule has 0 amide bonds. The highest BCUT2D eigenvalue weighted by Gasteiger charge is 2.30. The van der Waals surface area contributed by atoms with Crippen LogP contribution in [0.4, 0.5) is 22.0 Å². The maximum atomic E-state index is 13.8. The fourth-order valence-corrected chi connectivity index (χ4v) is 2.49. The van der Waals surface area contributed by atoms with E-state index in [0.29, 0.717) is 26.2 Å². The molecule has 1 aromatic carbocycles. The predicted molar refractivity (Wildman–Crippen MR) is 64.0 cm³/mol. The molecular weight excluding hydrogens is 279 g/mol. The van der Waals surface area contributed by atoms with Gasteiger partial charge in [0.25, 0.3) is 0 Å². The Balaban J connectivity index is 2.42. The molecule has 1 aromatic rings. The molecule has 1 heterocycles. The van der Waals surface area contributed by atoms with Gasteiger partial charge >= 0.3 is 0 Å². The second kappa shape index (κ2) is 6.49. The number of hydrogen-bond acceptors (Lipinski definition) is 2. The second-order valence-corrected chi connectivity index (χ2v) is 4.66. The van der Waals surface area contributed by atoms with Crippen molar-refractivity contribution in [3.05, 3.63) is 34.9 Å². The lowest BCUT2D eigenvalue weighted by Gasteiger charge is -2.35. The Morgan fingerprint density at radius 3 is 2.10 bits per heavy atom. The van der Waals surface area contributed by atoms with E-state index in [2.05, 4.69) is 5.32 Å². The fraction of sp³-hybridized carbons (Fsp3) is 0.538. The molecule has 1 saturated heterocycles. The summed E-state index contributed by atoms with van der Waals surface area (Å²) < 4.78 is 66.9. The first-order valence-electron chi connectivity index (χ1n) is 6.40. The molecule has 1 atom stereocenters. The molecule has 0 bridgehead atoms. The largest absolute Gasteiger partial charge is 0.314 e. The highest BCUT2D eigenvalue weighted by Crippen LogP contribution is 2.31. The summed E-state index contributed by atoms with van der Waals surface area (Å²) in [5.74, 6) is -5.81. The number of piperazine rings is 1. The molecule has 0 unspecified atom stereocenters. The van der Waals surface area contributed by atoms with E-state index >= 15 is 0 Å². The summed E-state index contributed by atoms with van der Waals surface area (Å²) in [6.45, 7) is 1.18. The fourth-order valence-electron chi connectivity index (χ4n) is 2.49. The average Bonchev–Trinajstić information content (AvgIpc) is 2.45. The highest BCUT2D eigenvalue weighted by molar-refractivity contribution is 5.26. The van der Waals surface area contributed by atoms with Gasteiger partial charge in [0.05, 0.1) is 6.67 Å². The van der Waals surface area contributed by atoms with Gasteiger partial charge in [-0.05, 0) is 6.42 Å². The van der Waals surface area contributed by atoms with Crippen LogP contribution < -0.4 is 5.32 Å². The molecule has 112 valence electrons. The Kier molecular flexibility index (Phi) is 4.93. The third kappa shape index (κ3) is 2.93. The van der Waals surface area contributed by atoms with Crippen molar-refractivity contribution in [1.29, 1.82) is 0 Å². The van der Waals surface area contributed by atoms with Crippen molar-refractivity contribution in [3.8, 4) is 0 Å². The summed E-state index contributed by atoms with van der Waals surface area (Å²) in [5, 5.41) is 3.04. The molecule has 0 aromatic heterocycles. The van der Waals surface area contributed by atoms with Crippen LogP contribution in [0.15, 0.2) is 6.07 Å². The Morgan fingerprint density at radius 1 is 1.05 bits per heavy atom. The molecule has 1 aliphatic rings. The van der Waals surface area contributed by atoms with Gasteiger partial charge in [-0.15, -0.1) is 0 Å². The molecule has 0 saturated carbocycles. The zero-order chi connectivity index (χ0) is 14.7. The summed E-state index contributed by atoms with van der Waals surface area (Å²) in [4.78, 5) is 1.64. The zero-order valence-electron chi connectivity index (χ0n) is 10.7. The van der Waals surface area contributed by atoms with Crippen LogP contribution in [0.3, 0.4) is 0 Å². The number of benzene rings is 1. The summed E-state index contributed by atoms with van der Waals surface area (Å²) in [7, 11) is 0. The molecule has 0 radical (unpaired) electrons. The molecule has 1 fully saturated rings. The Morgan fingerprint density at radius 2 is 1.60 bits per heavy atom. The van der Waals surface area contributed by atoms with Crippen LogP contribution in [-0.4, -0.2) is 37.8 Å². The summed E-state index contributed by atoms with van der Waals surface area (Å²) in [6.07, 6.45) is -0.212. The van der Waals surface area contributed by atoms with Crippen LogP contribution in [0.2, 0.25) is 0 Å². The van der Waals surface area contributed by atoms with E-state index in [0.717, 1.165) is 0 Å². The van der Waals surface area contributed by atoms with Crippen molar-refractivity contribution >= 4 is 0 Å². The van der Waals surface area contributed by atoms with Gasteiger partial charge in [0.15, 0.2) is 23.3 Å². The van der Waals surface area contributed by atoms with Crippen molar-refractivity contribution in [2.24, 2.45) is 0 Å². The Bertz CT molecular complexity index is 448. The summed E-state index contributed by atoms with van der Waals surface area (Å²) >= 11 is 0. The number of hydrogen-bond donors (Lipinski definition) is 1. The summed E-state index contributed by atoms with van der Waals surface area (Å²) in [6, 6.07) is -0.842. The van der Waals surface area contributed by atoms with Crippen molar-refractivity contribution in [2.45, 2.75) is 12.5 Å². The quantitative estimate of drug-likeness (QED) is 0.678. The van der Waals surface area contributed by atoms with Crippen molar-refractivity contribution in [2.75, 3.05) is 32.9 Å². The lowest BCUT2D eigenvalue weighted by Crippen LogP contribution is -2.45. The minimum Gasteiger partial charge on any atom is -0.314 e. The number of rotatable bonds is 4. The number of alkyl halides is 1. The van der Waals surface area contributed by atoms with E-state index in [4.69, 9.17) is 0 Å². The van der Waals surface area contributed by atoms with Crippen LogP contribution in [0, 0.1) is 23.3 Å². The first kappa shape index (κ1) is 15.2. The Hall–Kier alpha value is -1.21. The average molecular weight is 294 g/mol. The van der Waals surface area contributed by atoms with Crippen LogP contribution in [0.25, 0.3) is 0 Å². The lowest BCUT2D eigenvalue weighted by atomic mass is 9.99.